The van der Waals surface area contributed by atoms with Gasteiger partial charge >= 0.3 is 0 Å². The molecule has 0 heterocycles. The zero-order valence-electron chi connectivity index (χ0n) is 12.0. The van der Waals surface area contributed by atoms with Crippen LogP contribution in [0.15, 0.2) is 48.5 Å². The average molecular weight is 296 g/mol. The number of hydroxylamine groups is 1. The Balaban J connectivity index is 1.93. The molecule has 1 amide bonds. The molecule has 0 aliphatic heterocycles. The number of hydrogen-bond donors (Lipinski definition) is 2. The predicted octanol–water partition coefficient (Wildman–Crippen LogP) is 2.89. The van der Waals surface area contributed by atoms with Gasteiger partial charge in [-0.05, 0) is 41.8 Å². The van der Waals surface area contributed by atoms with Gasteiger partial charge in [0.1, 0.15) is 5.75 Å². The van der Waals surface area contributed by atoms with E-state index >= 15 is 0 Å². The number of hydrogen-bond acceptors (Lipinski definition) is 4. The molecule has 0 radical (unpaired) electrons. The SMILES string of the molecule is N#Cc1cccc(-c2ccc(OCCCC(=O)NO)cc2)c1. The van der Waals surface area contributed by atoms with Crippen molar-refractivity contribution in [2.24, 2.45) is 0 Å². The molecule has 0 saturated heterocycles. The van der Waals surface area contributed by atoms with E-state index in [4.69, 9.17) is 15.2 Å². The van der Waals surface area contributed by atoms with E-state index in [1.165, 1.54) is 0 Å². The summed E-state index contributed by atoms with van der Waals surface area (Å²) in [6, 6.07) is 17.1. The molecule has 0 aromatic heterocycles. The summed E-state index contributed by atoms with van der Waals surface area (Å²) in [4.78, 5) is 10.8. The summed E-state index contributed by atoms with van der Waals surface area (Å²) in [6.07, 6.45) is 0.744. The number of carbonyl (C=O) groups excluding carboxylic acids is 1. The van der Waals surface area contributed by atoms with Crippen LogP contribution in [-0.4, -0.2) is 17.7 Å². The van der Waals surface area contributed by atoms with Crippen LogP contribution in [0.2, 0.25) is 0 Å². The molecule has 0 saturated carbocycles. The van der Waals surface area contributed by atoms with Crippen LogP contribution in [0.4, 0.5) is 0 Å². The smallest absolute Gasteiger partial charge is 0.243 e. The van der Waals surface area contributed by atoms with Crippen LogP contribution in [0.1, 0.15) is 18.4 Å². The molecule has 0 aliphatic rings. The quantitative estimate of drug-likeness (QED) is 0.488. The Kier molecular flexibility index (Phi) is 5.52. The van der Waals surface area contributed by atoms with Crippen molar-refractivity contribution in [1.82, 2.24) is 5.48 Å². The molecule has 0 unspecified atom stereocenters. The van der Waals surface area contributed by atoms with Gasteiger partial charge in [-0.3, -0.25) is 10.0 Å². The first-order valence-electron chi connectivity index (χ1n) is 6.89. The monoisotopic (exact) mass is 296 g/mol. The molecule has 5 heteroatoms. The topological polar surface area (TPSA) is 82.3 Å². The second kappa shape index (κ2) is 7.81. The van der Waals surface area contributed by atoms with Crippen molar-refractivity contribution in [2.75, 3.05) is 6.61 Å². The van der Waals surface area contributed by atoms with E-state index in [-0.39, 0.29) is 6.42 Å². The molecule has 0 bridgehead atoms. The minimum absolute atomic E-state index is 0.218. The van der Waals surface area contributed by atoms with E-state index in [1.807, 2.05) is 42.5 Å². The molecule has 0 spiro atoms. The van der Waals surface area contributed by atoms with Crippen LogP contribution in [0.5, 0.6) is 5.75 Å². The number of nitriles is 1. The van der Waals surface area contributed by atoms with Crippen LogP contribution in [0.3, 0.4) is 0 Å². The summed E-state index contributed by atoms with van der Waals surface area (Å²) >= 11 is 0. The first kappa shape index (κ1) is 15.5. The van der Waals surface area contributed by atoms with Gasteiger partial charge in [0.2, 0.25) is 5.91 Å². The normalized spacial score (nSPS) is 9.82. The lowest BCUT2D eigenvalue weighted by molar-refractivity contribution is -0.129. The summed E-state index contributed by atoms with van der Waals surface area (Å²) in [5.41, 5.74) is 4.19. The van der Waals surface area contributed by atoms with E-state index < -0.39 is 5.91 Å². The van der Waals surface area contributed by atoms with Crippen molar-refractivity contribution in [3.05, 3.63) is 54.1 Å². The Hall–Kier alpha value is -2.84. The van der Waals surface area contributed by atoms with Crippen LogP contribution >= 0.6 is 0 Å². The molecule has 0 aliphatic carbocycles. The van der Waals surface area contributed by atoms with E-state index in [9.17, 15) is 4.79 Å². The van der Waals surface area contributed by atoms with Crippen LogP contribution < -0.4 is 10.2 Å². The number of carbonyl (C=O) groups is 1. The molecule has 2 rings (SSSR count). The largest absolute Gasteiger partial charge is 0.494 e. The minimum Gasteiger partial charge on any atom is -0.494 e. The van der Waals surface area contributed by atoms with Gasteiger partial charge in [-0.25, -0.2) is 5.48 Å². The van der Waals surface area contributed by atoms with E-state index in [2.05, 4.69) is 6.07 Å². The fraction of sp³-hybridized carbons (Fsp3) is 0.176. The van der Waals surface area contributed by atoms with Gasteiger partial charge in [0, 0.05) is 6.42 Å². The summed E-state index contributed by atoms with van der Waals surface area (Å²) in [5.74, 6) is 0.293. The van der Waals surface area contributed by atoms with Gasteiger partial charge in [0.15, 0.2) is 0 Å². The number of nitrogens with zero attached hydrogens (tertiary/aromatic N) is 1. The summed E-state index contributed by atoms with van der Waals surface area (Å²) in [5, 5.41) is 17.3. The van der Waals surface area contributed by atoms with Gasteiger partial charge in [-0.2, -0.15) is 5.26 Å². The molecule has 2 aromatic rings. The van der Waals surface area contributed by atoms with Crippen molar-refractivity contribution in [2.45, 2.75) is 12.8 Å². The molecule has 5 nitrogen and oxygen atoms in total. The lowest BCUT2D eigenvalue weighted by Crippen LogP contribution is -2.18. The summed E-state index contributed by atoms with van der Waals surface area (Å²) < 4.78 is 5.52. The summed E-state index contributed by atoms with van der Waals surface area (Å²) in [6.45, 7) is 0.399. The minimum atomic E-state index is -0.420. The Bertz CT molecular complexity index is 675. The first-order chi connectivity index (χ1) is 10.7. The maximum Gasteiger partial charge on any atom is 0.243 e. The number of benzene rings is 2. The van der Waals surface area contributed by atoms with Gasteiger partial charge in [0.25, 0.3) is 0 Å². The molecule has 2 aromatic carbocycles. The third-order valence-corrected chi connectivity index (χ3v) is 3.12. The zero-order chi connectivity index (χ0) is 15.8. The van der Waals surface area contributed by atoms with Crippen LogP contribution in [0.25, 0.3) is 11.1 Å². The Morgan fingerprint density at radius 3 is 2.64 bits per heavy atom. The van der Waals surface area contributed by atoms with E-state index in [0.29, 0.717) is 24.3 Å². The fourth-order valence-corrected chi connectivity index (χ4v) is 1.99. The highest BCUT2D eigenvalue weighted by molar-refractivity contribution is 5.74. The van der Waals surface area contributed by atoms with Gasteiger partial charge in [-0.15, -0.1) is 0 Å². The zero-order valence-corrected chi connectivity index (χ0v) is 12.0. The second-order valence-electron chi connectivity index (χ2n) is 4.70. The molecule has 0 atom stereocenters. The molecule has 2 N–H and O–H groups in total. The highest BCUT2D eigenvalue weighted by Crippen LogP contribution is 2.23. The van der Waals surface area contributed by atoms with Crippen molar-refractivity contribution >= 4 is 5.91 Å². The lowest BCUT2D eigenvalue weighted by Gasteiger charge is -2.07. The average Bonchev–Trinajstić information content (AvgIpc) is 2.59. The maximum absolute atomic E-state index is 10.8. The third-order valence-electron chi connectivity index (χ3n) is 3.12. The molecule has 22 heavy (non-hydrogen) atoms. The third kappa shape index (κ3) is 4.33. The van der Waals surface area contributed by atoms with Gasteiger partial charge in [0.05, 0.1) is 18.2 Å². The lowest BCUT2D eigenvalue weighted by atomic mass is 10.0. The van der Waals surface area contributed by atoms with Gasteiger partial charge in [-0.1, -0.05) is 24.3 Å². The number of amides is 1. The Morgan fingerprint density at radius 1 is 1.18 bits per heavy atom. The second-order valence-corrected chi connectivity index (χ2v) is 4.70. The van der Waals surface area contributed by atoms with Crippen molar-refractivity contribution < 1.29 is 14.7 Å². The highest BCUT2D eigenvalue weighted by Gasteiger charge is 2.02. The fourth-order valence-electron chi connectivity index (χ4n) is 1.99. The van der Waals surface area contributed by atoms with Crippen molar-refractivity contribution in [1.29, 1.82) is 5.26 Å². The molecular formula is C17H16N2O3. The number of rotatable bonds is 6. The van der Waals surface area contributed by atoms with E-state index in [1.54, 1.807) is 11.5 Å². The molecule has 0 fully saturated rings. The maximum atomic E-state index is 10.8. The Morgan fingerprint density at radius 2 is 1.95 bits per heavy atom. The van der Waals surface area contributed by atoms with Crippen molar-refractivity contribution in [3.8, 4) is 22.9 Å². The highest BCUT2D eigenvalue weighted by atomic mass is 16.5. The standard InChI is InChI=1S/C17H16N2O3/c18-12-13-3-1-4-15(11-13)14-6-8-16(9-7-14)22-10-2-5-17(20)19-21/h1,3-4,6-9,11,21H,2,5,10H2,(H,19,20). The Labute approximate surface area is 128 Å². The first-order valence-corrected chi connectivity index (χ1v) is 6.89. The van der Waals surface area contributed by atoms with Crippen LogP contribution in [0, 0.1) is 11.3 Å². The molecular weight excluding hydrogens is 280 g/mol. The predicted molar refractivity (Wildman–Crippen MR) is 81.3 cm³/mol. The molecule has 112 valence electrons. The van der Waals surface area contributed by atoms with Gasteiger partial charge < -0.3 is 4.74 Å². The van der Waals surface area contributed by atoms with Crippen LogP contribution in [-0.2, 0) is 4.79 Å². The summed E-state index contributed by atoms with van der Waals surface area (Å²) in [7, 11) is 0. The van der Waals surface area contributed by atoms with Crippen molar-refractivity contribution in [3.63, 3.8) is 0 Å². The van der Waals surface area contributed by atoms with E-state index in [0.717, 1.165) is 11.1 Å². The number of nitrogens with one attached hydrogen (secondary N) is 1. The number of ether oxygens (including phenoxy) is 1.